The van der Waals surface area contributed by atoms with Crippen LogP contribution in [0.4, 0.5) is 0 Å². The number of nitrogens with zero attached hydrogens (tertiary/aromatic N) is 1. The molecule has 0 aliphatic carbocycles. The highest BCUT2D eigenvalue weighted by molar-refractivity contribution is 7.17. The van der Waals surface area contributed by atoms with Crippen LogP contribution >= 0.6 is 11.3 Å². The van der Waals surface area contributed by atoms with Crippen molar-refractivity contribution in [1.82, 2.24) is 4.98 Å². The zero-order valence-electron chi connectivity index (χ0n) is 10.1. The number of methoxy groups -OCH3 is 2. The third-order valence-electron chi connectivity index (χ3n) is 2.41. The molecule has 0 saturated carbocycles. The summed E-state index contributed by atoms with van der Waals surface area (Å²) in [4.78, 5) is 4.89. The van der Waals surface area contributed by atoms with Crippen LogP contribution in [-0.4, -0.2) is 25.0 Å². The number of rotatable bonds is 4. The second-order valence-electron chi connectivity index (χ2n) is 3.51. The van der Waals surface area contributed by atoms with Gasteiger partial charge in [0.2, 0.25) is 0 Å². The Balaban J connectivity index is 2.50. The minimum atomic E-state index is 0.0145. The molecule has 5 nitrogen and oxygen atoms in total. The summed E-state index contributed by atoms with van der Waals surface area (Å²) in [5.41, 5.74) is 6.26. The van der Waals surface area contributed by atoms with Crippen LogP contribution in [0.1, 0.15) is 4.88 Å². The van der Waals surface area contributed by atoms with Crippen molar-refractivity contribution in [3.05, 3.63) is 29.3 Å². The van der Waals surface area contributed by atoms with Crippen molar-refractivity contribution in [2.75, 3.05) is 14.2 Å². The lowest BCUT2D eigenvalue weighted by atomic mass is 10.2. The third-order valence-corrected chi connectivity index (χ3v) is 3.47. The van der Waals surface area contributed by atoms with E-state index in [1.807, 2.05) is 18.2 Å². The zero-order chi connectivity index (χ0) is 13.1. The number of hydrogen-bond donors (Lipinski definition) is 2. The van der Waals surface area contributed by atoms with E-state index in [1.54, 1.807) is 20.4 Å². The summed E-state index contributed by atoms with van der Waals surface area (Å²) < 4.78 is 10.5. The van der Waals surface area contributed by atoms with Gasteiger partial charge in [0.25, 0.3) is 0 Å². The van der Waals surface area contributed by atoms with Gasteiger partial charge in [0, 0.05) is 6.20 Å². The fraction of sp³-hybridized carbons (Fsp3) is 0.167. The van der Waals surface area contributed by atoms with E-state index in [1.165, 1.54) is 11.3 Å². The Bertz CT molecular complexity index is 580. The van der Waals surface area contributed by atoms with Crippen molar-refractivity contribution >= 4 is 17.2 Å². The van der Waals surface area contributed by atoms with Gasteiger partial charge in [-0.05, 0) is 18.2 Å². The lowest BCUT2D eigenvalue weighted by Crippen LogP contribution is -2.08. The maximum absolute atomic E-state index is 7.38. The Hall–Kier alpha value is -2.08. The molecule has 1 aromatic heterocycles. The second-order valence-corrected chi connectivity index (χ2v) is 4.54. The molecule has 0 aliphatic rings. The summed E-state index contributed by atoms with van der Waals surface area (Å²) in [7, 11) is 3.21. The van der Waals surface area contributed by atoms with Crippen molar-refractivity contribution in [1.29, 1.82) is 5.41 Å². The molecule has 0 unspecified atom stereocenters. The first-order chi connectivity index (χ1) is 8.65. The molecule has 6 heteroatoms. The molecule has 2 aromatic rings. The van der Waals surface area contributed by atoms with Crippen molar-refractivity contribution in [2.24, 2.45) is 5.73 Å². The summed E-state index contributed by atoms with van der Waals surface area (Å²) >= 11 is 1.35. The highest BCUT2D eigenvalue weighted by Crippen LogP contribution is 2.35. The molecule has 0 amide bonds. The van der Waals surface area contributed by atoms with Crippen molar-refractivity contribution in [3.8, 4) is 22.1 Å². The highest BCUT2D eigenvalue weighted by Gasteiger charge is 2.12. The number of nitrogens with two attached hydrogens (primary N) is 1. The first kappa shape index (κ1) is 12.4. The predicted molar refractivity (Wildman–Crippen MR) is 71.7 cm³/mol. The van der Waals surface area contributed by atoms with E-state index in [0.29, 0.717) is 10.6 Å². The number of amidine groups is 1. The van der Waals surface area contributed by atoms with Gasteiger partial charge >= 0.3 is 0 Å². The molecule has 0 radical (unpaired) electrons. The first-order valence-corrected chi connectivity index (χ1v) is 6.00. The van der Waals surface area contributed by atoms with E-state index in [0.717, 1.165) is 16.3 Å². The number of nitrogen functional groups attached to an aromatic ring is 1. The smallest absolute Gasteiger partial charge is 0.134 e. The molecule has 18 heavy (non-hydrogen) atoms. The average Bonchev–Trinajstić information content (AvgIpc) is 2.87. The highest BCUT2D eigenvalue weighted by atomic mass is 32.1. The fourth-order valence-corrected chi connectivity index (χ4v) is 2.30. The molecular weight excluding hydrogens is 250 g/mol. The molecule has 0 saturated heterocycles. The van der Waals surface area contributed by atoms with Crippen LogP contribution in [0, 0.1) is 5.41 Å². The van der Waals surface area contributed by atoms with E-state index in [-0.39, 0.29) is 5.84 Å². The number of thiazole rings is 1. The quantitative estimate of drug-likeness (QED) is 0.654. The number of ether oxygens (including phenoxy) is 2. The largest absolute Gasteiger partial charge is 0.497 e. The van der Waals surface area contributed by atoms with Gasteiger partial charge in [-0.25, -0.2) is 4.98 Å². The summed E-state index contributed by atoms with van der Waals surface area (Å²) in [5, 5.41) is 8.13. The van der Waals surface area contributed by atoms with Gasteiger partial charge in [0.1, 0.15) is 22.3 Å². The normalized spacial score (nSPS) is 10.1. The van der Waals surface area contributed by atoms with Crippen LogP contribution in [0.5, 0.6) is 11.5 Å². The van der Waals surface area contributed by atoms with Gasteiger partial charge in [0.15, 0.2) is 0 Å². The lowest BCUT2D eigenvalue weighted by molar-refractivity contribution is 0.404. The Kier molecular flexibility index (Phi) is 3.47. The van der Waals surface area contributed by atoms with Crippen molar-refractivity contribution in [3.63, 3.8) is 0 Å². The zero-order valence-corrected chi connectivity index (χ0v) is 10.9. The monoisotopic (exact) mass is 263 g/mol. The molecule has 0 spiro atoms. The van der Waals surface area contributed by atoms with Crippen LogP contribution in [0.25, 0.3) is 10.6 Å². The number of aromatic nitrogens is 1. The predicted octanol–water partition coefficient (Wildman–Crippen LogP) is 2.11. The van der Waals surface area contributed by atoms with E-state index in [9.17, 15) is 0 Å². The minimum absolute atomic E-state index is 0.0145. The van der Waals surface area contributed by atoms with E-state index >= 15 is 0 Å². The van der Waals surface area contributed by atoms with Crippen LogP contribution in [0.15, 0.2) is 24.4 Å². The van der Waals surface area contributed by atoms with Crippen LogP contribution < -0.4 is 15.2 Å². The Morgan fingerprint density at radius 2 is 2.11 bits per heavy atom. The molecule has 3 N–H and O–H groups in total. The minimum Gasteiger partial charge on any atom is -0.497 e. The van der Waals surface area contributed by atoms with Crippen LogP contribution in [-0.2, 0) is 0 Å². The Labute approximate surface area is 109 Å². The molecular formula is C12H13N3O2S. The summed E-state index contributed by atoms with van der Waals surface area (Å²) in [6.45, 7) is 0. The van der Waals surface area contributed by atoms with E-state index < -0.39 is 0 Å². The molecule has 0 aliphatic heterocycles. The molecule has 2 rings (SSSR count). The molecule has 0 fully saturated rings. The first-order valence-electron chi connectivity index (χ1n) is 5.18. The Morgan fingerprint density at radius 3 is 2.67 bits per heavy atom. The SMILES string of the molecule is COc1ccc(OC)c(-c2ncc(C(=N)N)s2)c1. The second kappa shape index (κ2) is 5.05. The van der Waals surface area contributed by atoms with Gasteiger partial charge < -0.3 is 15.2 Å². The average molecular weight is 263 g/mol. The van der Waals surface area contributed by atoms with Gasteiger partial charge in [-0.15, -0.1) is 11.3 Å². The summed E-state index contributed by atoms with van der Waals surface area (Å²) in [6.07, 6.45) is 1.58. The number of nitrogens with one attached hydrogen (secondary N) is 1. The maximum atomic E-state index is 7.38. The molecule has 94 valence electrons. The molecule has 0 atom stereocenters. The lowest BCUT2D eigenvalue weighted by Gasteiger charge is -2.07. The summed E-state index contributed by atoms with van der Waals surface area (Å²) in [6, 6.07) is 5.49. The molecule has 0 bridgehead atoms. The number of benzene rings is 1. The van der Waals surface area contributed by atoms with Crippen LogP contribution in [0.3, 0.4) is 0 Å². The Morgan fingerprint density at radius 1 is 1.33 bits per heavy atom. The van der Waals surface area contributed by atoms with Gasteiger partial charge in [-0.2, -0.15) is 0 Å². The molecule has 1 heterocycles. The third kappa shape index (κ3) is 2.28. The maximum Gasteiger partial charge on any atom is 0.134 e. The standard InChI is InChI=1S/C12H13N3O2S/c1-16-7-3-4-9(17-2)8(5-7)12-15-6-10(18-12)11(13)14/h3-6H,1-2H3,(H3,13,14). The summed E-state index contributed by atoms with van der Waals surface area (Å²) in [5.74, 6) is 1.45. The van der Waals surface area contributed by atoms with Gasteiger partial charge in [-0.3, -0.25) is 5.41 Å². The van der Waals surface area contributed by atoms with Gasteiger partial charge in [0.05, 0.1) is 24.7 Å². The fourth-order valence-electron chi connectivity index (χ4n) is 1.50. The van der Waals surface area contributed by atoms with Crippen molar-refractivity contribution in [2.45, 2.75) is 0 Å². The van der Waals surface area contributed by atoms with E-state index in [2.05, 4.69) is 4.98 Å². The topological polar surface area (TPSA) is 81.2 Å². The van der Waals surface area contributed by atoms with Crippen molar-refractivity contribution < 1.29 is 9.47 Å². The van der Waals surface area contributed by atoms with E-state index in [4.69, 9.17) is 20.6 Å². The molecule has 1 aromatic carbocycles. The van der Waals surface area contributed by atoms with Gasteiger partial charge in [-0.1, -0.05) is 0 Å². The number of hydrogen-bond acceptors (Lipinski definition) is 5. The van der Waals surface area contributed by atoms with Crippen LogP contribution in [0.2, 0.25) is 0 Å².